The molecule has 4 heterocycles. The van der Waals surface area contributed by atoms with Gasteiger partial charge in [-0.3, -0.25) is 4.98 Å². The third-order valence-electron chi connectivity index (χ3n) is 7.37. The quantitative estimate of drug-likeness (QED) is 0.610. The van der Waals surface area contributed by atoms with E-state index in [1.54, 1.807) is 35.3 Å². The number of phenolic OH excluding ortho intramolecular Hbond substituents is 1. The SMILES string of the molecule is CN(c1cnc(-c2ccc(-n3cnc(C#N)c3)cc2O)cn1)[C@H]1C[C@]2(C)CCC[C@@](C)(N2)[C@H]1F. The minimum absolute atomic E-state index is 0.0379. The Morgan fingerprint density at radius 1 is 1.24 bits per heavy atom. The number of alkyl halides is 1. The average Bonchev–Trinajstić information content (AvgIpc) is 3.30. The summed E-state index contributed by atoms with van der Waals surface area (Å²) in [4.78, 5) is 14.9. The van der Waals surface area contributed by atoms with Crippen molar-refractivity contribution in [3.05, 3.63) is 48.8 Å². The van der Waals surface area contributed by atoms with E-state index in [-0.39, 0.29) is 17.3 Å². The third kappa shape index (κ3) is 3.78. The van der Waals surface area contributed by atoms with Gasteiger partial charge in [-0.2, -0.15) is 5.26 Å². The number of aromatic nitrogens is 4. The Labute approximate surface area is 198 Å². The van der Waals surface area contributed by atoms with Crippen molar-refractivity contribution in [2.75, 3.05) is 11.9 Å². The van der Waals surface area contributed by atoms with Crippen LogP contribution in [0.2, 0.25) is 0 Å². The van der Waals surface area contributed by atoms with Crippen LogP contribution in [0.3, 0.4) is 0 Å². The van der Waals surface area contributed by atoms with E-state index in [9.17, 15) is 5.11 Å². The fraction of sp³-hybridized carbons (Fsp3) is 0.440. The fourth-order valence-electron chi connectivity index (χ4n) is 5.57. The van der Waals surface area contributed by atoms with Crippen LogP contribution in [0.15, 0.2) is 43.1 Å². The van der Waals surface area contributed by atoms with Gasteiger partial charge in [0, 0.05) is 36.0 Å². The first-order valence-electron chi connectivity index (χ1n) is 11.5. The average molecular weight is 462 g/mol. The van der Waals surface area contributed by atoms with Crippen molar-refractivity contribution in [1.82, 2.24) is 24.8 Å². The lowest BCUT2D eigenvalue weighted by Gasteiger charge is -2.56. The molecule has 3 aromatic rings. The van der Waals surface area contributed by atoms with E-state index in [0.717, 1.165) is 19.3 Å². The van der Waals surface area contributed by atoms with Gasteiger partial charge in [-0.15, -0.1) is 0 Å². The number of nitriles is 1. The molecule has 4 atom stereocenters. The van der Waals surface area contributed by atoms with E-state index in [2.05, 4.69) is 27.2 Å². The number of phenols is 1. The number of imidazole rings is 1. The number of hydrogen-bond acceptors (Lipinski definition) is 7. The summed E-state index contributed by atoms with van der Waals surface area (Å²) in [6.45, 7) is 4.17. The lowest BCUT2D eigenvalue weighted by atomic mass is 9.68. The number of piperidine rings is 2. The predicted octanol–water partition coefficient (Wildman–Crippen LogP) is 3.74. The highest BCUT2D eigenvalue weighted by Crippen LogP contribution is 2.43. The second-order valence-corrected chi connectivity index (χ2v) is 9.98. The second kappa shape index (κ2) is 8.06. The molecule has 0 amide bonds. The predicted molar refractivity (Wildman–Crippen MR) is 126 cm³/mol. The lowest BCUT2D eigenvalue weighted by molar-refractivity contribution is 0.00197. The van der Waals surface area contributed by atoms with Crippen LogP contribution in [0.25, 0.3) is 16.9 Å². The molecule has 2 fully saturated rings. The molecule has 1 aromatic carbocycles. The molecule has 2 saturated heterocycles. The van der Waals surface area contributed by atoms with Gasteiger partial charge in [0.1, 0.15) is 30.1 Å². The molecule has 8 nitrogen and oxygen atoms in total. The Hall–Kier alpha value is -3.51. The molecule has 0 radical (unpaired) electrons. The van der Waals surface area contributed by atoms with Gasteiger partial charge >= 0.3 is 0 Å². The van der Waals surface area contributed by atoms with Crippen LogP contribution in [0.4, 0.5) is 10.2 Å². The number of benzene rings is 1. The number of halogens is 1. The summed E-state index contributed by atoms with van der Waals surface area (Å²) in [6.07, 6.45) is 8.92. The van der Waals surface area contributed by atoms with E-state index < -0.39 is 11.7 Å². The fourth-order valence-corrected chi connectivity index (χ4v) is 5.57. The Kier molecular flexibility index (Phi) is 5.29. The second-order valence-electron chi connectivity index (χ2n) is 9.98. The first-order chi connectivity index (χ1) is 16.2. The Morgan fingerprint density at radius 3 is 2.74 bits per heavy atom. The van der Waals surface area contributed by atoms with Crippen molar-refractivity contribution >= 4 is 5.82 Å². The number of fused-ring (bicyclic) bond motifs is 2. The number of hydrogen-bond donors (Lipinski definition) is 2. The largest absolute Gasteiger partial charge is 0.507 e. The highest BCUT2D eigenvalue weighted by atomic mass is 19.1. The summed E-state index contributed by atoms with van der Waals surface area (Å²) in [5.74, 6) is 0.637. The first-order valence-corrected chi connectivity index (χ1v) is 11.5. The van der Waals surface area contributed by atoms with Crippen molar-refractivity contribution in [3.63, 3.8) is 0 Å². The molecule has 5 rings (SSSR count). The maximum absolute atomic E-state index is 15.6. The molecule has 34 heavy (non-hydrogen) atoms. The minimum atomic E-state index is -1.02. The van der Waals surface area contributed by atoms with Crippen molar-refractivity contribution < 1.29 is 9.50 Å². The molecule has 2 aromatic heterocycles. The molecule has 0 spiro atoms. The lowest BCUT2D eigenvalue weighted by Crippen LogP contribution is -2.72. The first kappa shape index (κ1) is 22.3. The smallest absolute Gasteiger partial charge is 0.158 e. The van der Waals surface area contributed by atoms with Crippen molar-refractivity contribution in [1.29, 1.82) is 5.26 Å². The van der Waals surface area contributed by atoms with Gasteiger partial charge < -0.3 is 19.9 Å². The topological polar surface area (TPSA) is 103 Å². The summed E-state index contributed by atoms with van der Waals surface area (Å²) >= 11 is 0. The molecule has 2 bridgehead atoms. The highest BCUT2D eigenvalue weighted by Gasteiger charge is 2.53. The number of nitrogens with one attached hydrogen (secondary N) is 1. The zero-order valence-electron chi connectivity index (χ0n) is 19.5. The van der Waals surface area contributed by atoms with E-state index >= 15 is 4.39 Å². The highest BCUT2D eigenvalue weighted by molar-refractivity contribution is 5.68. The minimum Gasteiger partial charge on any atom is -0.507 e. The molecule has 9 heteroatoms. The van der Waals surface area contributed by atoms with Crippen LogP contribution < -0.4 is 10.2 Å². The Bertz CT molecular complexity index is 1250. The van der Waals surface area contributed by atoms with Crippen molar-refractivity contribution in [2.24, 2.45) is 0 Å². The van der Waals surface area contributed by atoms with Crippen LogP contribution >= 0.6 is 0 Å². The van der Waals surface area contributed by atoms with Gasteiger partial charge in [0.05, 0.1) is 29.8 Å². The number of anilines is 1. The van der Waals surface area contributed by atoms with Gasteiger partial charge in [0.2, 0.25) is 0 Å². The van der Waals surface area contributed by atoms with Gasteiger partial charge in [-0.05, 0) is 51.7 Å². The summed E-state index contributed by atoms with van der Waals surface area (Å²) in [7, 11) is 1.88. The maximum Gasteiger partial charge on any atom is 0.158 e. The Morgan fingerprint density at radius 2 is 2.06 bits per heavy atom. The maximum atomic E-state index is 15.6. The van der Waals surface area contributed by atoms with Crippen LogP contribution in [0.5, 0.6) is 5.75 Å². The molecule has 0 unspecified atom stereocenters. The van der Waals surface area contributed by atoms with Crippen LogP contribution in [0, 0.1) is 11.3 Å². The van der Waals surface area contributed by atoms with Gasteiger partial charge in [-0.25, -0.2) is 14.4 Å². The molecule has 176 valence electrons. The zero-order chi connectivity index (χ0) is 24.1. The van der Waals surface area contributed by atoms with Gasteiger partial charge in [0.15, 0.2) is 5.69 Å². The molecular formula is C25H28FN7O. The Balaban J connectivity index is 1.37. The molecule has 0 aliphatic carbocycles. The third-order valence-corrected chi connectivity index (χ3v) is 7.37. The normalized spacial score (nSPS) is 28.3. The van der Waals surface area contributed by atoms with Crippen LogP contribution in [-0.4, -0.2) is 55.0 Å². The molecule has 2 aliphatic rings. The number of nitrogens with zero attached hydrogens (tertiary/aromatic N) is 6. The van der Waals surface area contributed by atoms with E-state index in [1.165, 1.54) is 6.33 Å². The standard InChI is InChI=1S/C25H28FN7O/c1-24-7-4-8-25(2,31-24)23(26)20(10-24)32(3)22-13-28-19(12-29-22)18-6-5-17(9-21(18)34)33-14-16(11-27)30-15-33/h5-6,9,12-15,20,23,31,34H,4,7-8,10H2,1-3H3/t20-,23-,24-,25+/m0/s1. The van der Waals surface area contributed by atoms with Crippen molar-refractivity contribution in [3.8, 4) is 28.8 Å². The summed E-state index contributed by atoms with van der Waals surface area (Å²) in [6, 6.07) is 6.83. The molecule has 2 N–H and O–H groups in total. The summed E-state index contributed by atoms with van der Waals surface area (Å²) in [5, 5.41) is 23.1. The van der Waals surface area contributed by atoms with Crippen molar-refractivity contribution in [2.45, 2.75) is 62.8 Å². The van der Waals surface area contributed by atoms with Crippen LogP contribution in [0.1, 0.15) is 45.2 Å². The summed E-state index contributed by atoms with van der Waals surface area (Å²) in [5.41, 5.74) is 1.40. The van der Waals surface area contributed by atoms with E-state index in [1.807, 2.05) is 31.0 Å². The van der Waals surface area contributed by atoms with Gasteiger partial charge in [0.25, 0.3) is 0 Å². The van der Waals surface area contributed by atoms with Crippen LogP contribution in [-0.2, 0) is 0 Å². The monoisotopic (exact) mass is 461 g/mol. The van der Waals surface area contributed by atoms with Gasteiger partial charge in [-0.1, -0.05) is 0 Å². The molecular weight excluding hydrogens is 433 g/mol. The number of rotatable bonds is 4. The van der Waals surface area contributed by atoms with E-state index in [4.69, 9.17) is 5.26 Å². The summed E-state index contributed by atoms with van der Waals surface area (Å²) < 4.78 is 17.3. The number of aromatic hydroxyl groups is 1. The van der Waals surface area contributed by atoms with E-state index in [0.29, 0.717) is 34.9 Å². The molecule has 2 aliphatic heterocycles. The zero-order valence-corrected chi connectivity index (χ0v) is 19.5. The molecule has 0 saturated carbocycles.